The van der Waals surface area contributed by atoms with Gasteiger partial charge in [-0.05, 0) is 86.3 Å². The monoisotopic (exact) mass is 598 g/mol. The summed E-state index contributed by atoms with van der Waals surface area (Å²) in [5.74, 6) is 1.31. The van der Waals surface area contributed by atoms with Crippen molar-refractivity contribution in [2.24, 2.45) is 0 Å². The van der Waals surface area contributed by atoms with Crippen LogP contribution in [0.4, 0.5) is 5.69 Å². The molecule has 1 saturated heterocycles. The molecule has 1 saturated carbocycles. The Morgan fingerprint density at radius 1 is 1.02 bits per heavy atom. The second kappa shape index (κ2) is 13.8. The number of carbonyl (C=O) groups excluding carboxylic acids is 1. The Kier molecular flexibility index (Phi) is 10.1. The van der Waals surface area contributed by atoms with E-state index in [2.05, 4.69) is 29.6 Å². The number of amides is 1. The molecule has 230 valence electrons. The molecule has 3 heterocycles. The minimum absolute atomic E-state index is 0.0766. The van der Waals surface area contributed by atoms with E-state index in [0.29, 0.717) is 31.9 Å². The third-order valence-electron chi connectivity index (χ3n) is 9.14. The number of nitrogens with one attached hydrogen (secondary N) is 1. The van der Waals surface area contributed by atoms with E-state index in [0.717, 1.165) is 62.1 Å². The Hall–Kier alpha value is -2.66. The number of benzene rings is 2. The van der Waals surface area contributed by atoms with Crippen molar-refractivity contribution in [1.82, 2.24) is 13.5 Å². The van der Waals surface area contributed by atoms with E-state index in [1.54, 1.807) is 25.5 Å². The summed E-state index contributed by atoms with van der Waals surface area (Å²) in [6.45, 7) is 1.89. The van der Waals surface area contributed by atoms with E-state index < -0.39 is 10.2 Å². The maximum absolute atomic E-state index is 13.7. The molecule has 1 amide bonds. The molecule has 42 heavy (non-hydrogen) atoms. The number of carbonyl (C=O) groups is 1. The van der Waals surface area contributed by atoms with Gasteiger partial charge < -0.3 is 19.7 Å². The van der Waals surface area contributed by atoms with Crippen molar-refractivity contribution in [2.75, 3.05) is 46.2 Å². The quantitative estimate of drug-likeness (QED) is 0.522. The average Bonchev–Trinajstić information content (AvgIpc) is 3.42. The van der Waals surface area contributed by atoms with Crippen molar-refractivity contribution in [2.45, 2.75) is 82.0 Å². The Morgan fingerprint density at radius 2 is 1.79 bits per heavy atom. The zero-order valence-electron chi connectivity index (χ0n) is 25.2. The predicted molar refractivity (Wildman–Crippen MR) is 165 cm³/mol. The highest BCUT2D eigenvalue weighted by atomic mass is 32.2. The van der Waals surface area contributed by atoms with E-state index in [9.17, 15) is 13.2 Å². The van der Waals surface area contributed by atoms with Crippen LogP contribution in [-0.4, -0.2) is 86.9 Å². The van der Waals surface area contributed by atoms with Crippen molar-refractivity contribution in [3.8, 4) is 5.75 Å². The molecule has 4 aliphatic rings. The largest absolute Gasteiger partial charge is 0.497 e. The SMILES string of the molecule is COc1ccc(CN(C2CCN3C(=O)CCCCNc4cccc(c4)C4CCC(CC4)OCC23)S(=O)(=O)N(C)C)cc1. The molecular weight excluding hydrogens is 552 g/mol. The molecule has 10 heteroatoms. The minimum Gasteiger partial charge on any atom is -0.497 e. The summed E-state index contributed by atoms with van der Waals surface area (Å²) in [6.07, 6.45) is 6.82. The maximum Gasteiger partial charge on any atom is 0.282 e. The lowest BCUT2D eigenvalue weighted by molar-refractivity contribution is -0.134. The molecule has 2 unspecified atom stereocenters. The van der Waals surface area contributed by atoms with Gasteiger partial charge in [0.15, 0.2) is 0 Å². The summed E-state index contributed by atoms with van der Waals surface area (Å²) < 4.78 is 42.2. The molecule has 9 nitrogen and oxygen atoms in total. The molecule has 4 bridgehead atoms. The highest BCUT2D eigenvalue weighted by Crippen LogP contribution is 2.36. The van der Waals surface area contributed by atoms with Crippen LogP contribution in [-0.2, 0) is 26.3 Å². The molecule has 0 spiro atoms. The second-order valence-corrected chi connectivity index (χ2v) is 14.1. The molecular formula is C32H46N4O5S. The highest BCUT2D eigenvalue weighted by Gasteiger charge is 2.45. The molecule has 6 rings (SSSR count). The second-order valence-electron chi connectivity index (χ2n) is 12.0. The minimum atomic E-state index is -3.78. The van der Waals surface area contributed by atoms with Crippen LogP contribution >= 0.6 is 0 Å². The van der Waals surface area contributed by atoms with E-state index in [-0.39, 0.29) is 30.6 Å². The fourth-order valence-electron chi connectivity index (χ4n) is 6.65. The molecule has 2 aromatic rings. The van der Waals surface area contributed by atoms with Crippen LogP contribution in [0, 0.1) is 0 Å². The third-order valence-corrected chi connectivity index (χ3v) is 11.1. The summed E-state index contributed by atoms with van der Waals surface area (Å²) in [6, 6.07) is 15.5. The van der Waals surface area contributed by atoms with Crippen LogP contribution in [0.1, 0.15) is 68.4 Å². The Balaban J connectivity index is 1.39. The van der Waals surface area contributed by atoms with Gasteiger partial charge in [0.25, 0.3) is 10.2 Å². The Labute approximate surface area is 251 Å². The van der Waals surface area contributed by atoms with Gasteiger partial charge in [0.05, 0.1) is 31.9 Å². The van der Waals surface area contributed by atoms with Crippen LogP contribution in [0.5, 0.6) is 5.75 Å². The van der Waals surface area contributed by atoms with Gasteiger partial charge in [-0.3, -0.25) is 4.79 Å². The average molecular weight is 599 g/mol. The molecule has 1 aliphatic carbocycles. The highest BCUT2D eigenvalue weighted by molar-refractivity contribution is 7.86. The van der Waals surface area contributed by atoms with Gasteiger partial charge in [-0.25, -0.2) is 0 Å². The fourth-order valence-corrected chi connectivity index (χ4v) is 7.97. The van der Waals surface area contributed by atoms with Crippen molar-refractivity contribution >= 4 is 21.8 Å². The summed E-state index contributed by atoms with van der Waals surface area (Å²) in [7, 11) is 0.957. The van der Waals surface area contributed by atoms with Crippen LogP contribution in [0.15, 0.2) is 48.5 Å². The van der Waals surface area contributed by atoms with E-state index in [4.69, 9.17) is 9.47 Å². The molecule has 1 N–H and O–H groups in total. The van der Waals surface area contributed by atoms with Gasteiger partial charge in [0, 0.05) is 45.8 Å². The maximum atomic E-state index is 13.7. The van der Waals surface area contributed by atoms with Gasteiger partial charge in [-0.2, -0.15) is 17.0 Å². The van der Waals surface area contributed by atoms with Crippen LogP contribution in [0.25, 0.3) is 0 Å². The first-order chi connectivity index (χ1) is 20.3. The molecule has 2 aromatic carbocycles. The number of hydrogen-bond donors (Lipinski definition) is 1. The van der Waals surface area contributed by atoms with Crippen LogP contribution < -0.4 is 10.1 Å². The zero-order chi connectivity index (χ0) is 29.7. The van der Waals surface area contributed by atoms with Gasteiger partial charge in [-0.15, -0.1) is 0 Å². The van der Waals surface area contributed by atoms with Crippen molar-refractivity contribution in [3.05, 3.63) is 59.7 Å². The smallest absolute Gasteiger partial charge is 0.282 e. The third kappa shape index (κ3) is 7.10. The van der Waals surface area contributed by atoms with Crippen molar-refractivity contribution in [3.63, 3.8) is 0 Å². The lowest BCUT2D eigenvalue weighted by atomic mass is 9.82. The lowest BCUT2D eigenvalue weighted by Gasteiger charge is -2.37. The normalized spacial score (nSPS) is 25.7. The van der Waals surface area contributed by atoms with Crippen molar-refractivity contribution < 1.29 is 22.7 Å². The molecule has 2 atom stereocenters. The van der Waals surface area contributed by atoms with Gasteiger partial charge in [-0.1, -0.05) is 24.3 Å². The van der Waals surface area contributed by atoms with E-state index in [1.807, 2.05) is 29.2 Å². The van der Waals surface area contributed by atoms with Crippen LogP contribution in [0.2, 0.25) is 0 Å². The summed E-state index contributed by atoms with van der Waals surface area (Å²) in [5.41, 5.74) is 3.39. The first-order valence-electron chi connectivity index (χ1n) is 15.3. The fraction of sp³-hybridized carbons (Fsp3) is 0.594. The number of nitrogens with zero attached hydrogens (tertiary/aromatic N) is 3. The van der Waals surface area contributed by atoms with Crippen LogP contribution in [0.3, 0.4) is 0 Å². The Bertz CT molecular complexity index is 1290. The number of fused-ring (bicyclic) bond motifs is 8. The molecule has 0 radical (unpaired) electrons. The summed E-state index contributed by atoms with van der Waals surface area (Å²) in [4.78, 5) is 15.5. The summed E-state index contributed by atoms with van der Waals surface area (Å²) in [5, 5.41) is 3.54. The number of rotatable bonds is 6. The Morgan fingerprint density at radius 3 is 2.50 bits per heavy atom. The first-order valence-corrected chi connectivity index (χ1v) is 16.7. The first kappa shape index (κ1) is 30.8. The molecule has 2 fully saturated rings. The number of hydrogen-bond acceptors (Lipinski definition) is 6. The van der Waals surface area contributed by atoms with Gasteiger partial charge in [0.1, 0.15) is 5.75 Å². The van der Waals surface area contributed by atoms with Gasteiger partial charge in [0.2, 0.25) is 5.91 Å². The number of anilines is 1. The molecule has 0 aromatic heterocycles. The zero-order valence-corrected chi connectivity index (χ0v) is 26.0. The number of ether oxygens (including phenoxy) is 2. The van der Waals surface area contributed by atoms with E-state index >= 15 is 0 Å². The number of methoxy groups -OCH3 is 1. The lowest BCUT2D eigenvalue weighted by Crippen LogP contribution is -2.53. The van der Waals surface area contributed by atoms with Gasteiger partial charge >= 0.3 is 0 Å². The standard InChI is InChI=1S/C32H46N4O5S/c1-34(2)42(38,39)36(22-24-10-14-28(40-3)15-11-24)30-18-20-35-31(30)23-41-29-16-12-25(13-17-29)26-7-6-8-27(21-26)33-19-5-4-9-32(35)37/h6-8,10-11,14-15,21,25,29-31,33H,4-5,9,12-13,16-20,22-23H2,1-3H3. The predicted octanol–water partition coefficient (Wildman–Crippen LogP) is 4.61. The topological polar surface area (TPSA) is 91.4 Å². The summed E-state index contributed by atoms with van der Waals surface area (Å²) >= 11 is 0. The van der Waals surface area contributed by atoms with E-state index in [1.165, 1.54) is 9.87 Å². The van der Waals surface area contributed by atoms with Crippen molar-refractivity contribution in [1.29, 1.82) is 0 Å². The molecule has 3 aliphatic heterocycles.